The van der Waals surface area contributed by atoms with Crippen molar-refractivity contribution in [1.29, 1.82) is 0 Å². The minimum Gasteiger partial charge on any atom is -0.396 e. The van der Waals surface area contributed by atoms with Gasteiger partial charge in [-0.05, 0) is 43.9 Å². The first kappa shape index (κ1) is 16.4. The highest BCUT2D eigenvalue weighted by Crippen LogP contribution is 2.23. The number of aliphatic hydroxyl groups is 1. The lowest BCUT2D eigenvalue weighted by Crippen LogP contribution is -2.42. The number of piperidine rings is 1. The van der Waals surface area contributed by atoms with Gasteiger partial charge < -0.3 is 5.11 Å². The lowest BCUT2D eigenvalue weighted by Gasteiger charge is -2.36. The predicted octanol–water partition coefficient (Wildman–Crippen LogP) is 2.65. The minimum atomic E-state index is -0.451. The Labute approximate surface area is 139 Å². The van der Waals surface area contributed by atoms with Crippen molar-refractivity contribution in [3.8, 4) is 5.69 Å². The van der Waals surface area contributed by atoms with Crippen molar-refractivity contribution >= 4 is 11.6 Å². The third-order valence-corrected chi connectivity index (χ3v) is 4.73. The van der Waals surface area contributed by atoms with E-state index in [1.165, 1.54) is 12.1 Å². The van der Waals surface area contributed by atoms with Crippen LogP contribution in [0.2, 0.25) is 5.02 Å². The van der Waals surface area contributed by atoms with Gasteiger partial charge in [0.25, 0.3) is 0 Å². The highest BCUT2D eigenvalue weighted by molar-refractivity contribution is 6.30. The summed E-state index contributed by atoms with van der Waals surface area (Å²) in [6.07, 6.45) is 3.97. The average molecular weight is 339 g/mol. The first-order valence-electron chi connectivity index (χ1n) is 7.78. The summed E-state index contributed by atoms with van der Waals surface area (Å²) in [7, 11) is 0. The molecule has 0 aliphatic carbocycles. The molecule has 0 amide bonds. The lowest BCUT2D eigenvalue weighted by molar-refractivity contribution is 0.0762. The molecule has 5 nitrogen and oxygen atoms in total. The predicted molar refractivity (Wildman–Crippen MR) is 86.0 cm³/mol. The molecule has 2 heterocycles. The molecule has 0 saturated carbocycles. The van der Waals surface area contributed by atoms with Crippen molar-refractivity contribution < 1.29 is 9.50 Å². The Morgan fingerprint density at radius 2 is 2.22 bits per heavy atom. The van der Waals surface area contributed by atoms with Crippen LogP contribution in [0.25, 0.3) is 5.69 Å². The molecule has 23 heavy (non-hydrogen) atoms. The van der Waals surface area contributed by atoms with E-state index in [0.29, 0.717) is 24.2 Å². The molecular weight excluding hydrogens is 319 g/mol. The summed E-state index contributed by atoms with van der Waals surface area (Å²) in [5, 5.41) is 17.7. The molecule has 1 aromatic carbocycles. The van der Waals surface area contributed by atoms with Crippen LogP contribution in [0.1, 0.15) is 25.5 Å². The van der Waals surface area contributed by atoms with E-state index in [4.69, 9.17) is 11.6 Å². The number of likely N-dealkylation sites (tertiary alicyclic amines) is 1. The number of aliphatic hydroxyl groups excluding tert-OH is 1. The second-order valence-corrected chi connectivity index (χ2v) is 6.56. The number of hydrogen-bond donors (Lipinski definition) is 1. The average Bonchev–Trinajstić information content (AvgIpc) is 3.01. The van der Waals surface area contributed by atoms with Crippen LogP contribution in [0.5, 0.6) is 0 Å². The fraction of sp³-hybridized carbons (Fsp3) is 0.500. The summed E-state index contributed by atoms with van der Waals surface area (Å²) in [4.78, 5) is 2.32. The van der Waals surface area contributed by atoms with Crippen LogP contribution in [-0.2, 0) is 6.54 Å². The Bertz CT molecular complexity index is 678. The third-order valence-electron chi connectivity index (χ3n) is 4.44. The van der Waals surface area contributed by atoms with Gasteiger partial charge in [0.1, 0.15) is 5.82 Å². The molecule has 1 aliphatic heterocycles. The molecule has 2 atom stereocenters. The van der Waals surface area contributed by atoms with Crippen molar-refractivity contribution in [3.05, 3.63) is 40.9 Å². The highest BCUT2D eigenvalue weighted by atomic mass is 35.5. The molecule has 124 valence electrons. The maximum atomic E-state index is 13.2. The fourth-order valence-corrected chi connectivity index (χ4v) is 3.14. The highest BCUT2D eigenvalue weighted by Gasteiger charge is 2.25. The van der Waals surface area contributed by atoms with E-state index in [1.807, 2.05) is 6.20 Å². The van der Waals surface area contributed by atoms with E-state index in [1.54, 1.807) is 10.7 Å². The molecule has 2 aromatic rings. The number of halogens is 2. The Kier molecular flexibility index (Phi) is 4.94. The summed E-state index contributed by atoms with van der Waals surface area (Å²) in [6.45, 7) is 3.97. The molecule has 1 aliphatic rings. The number of nitrogens with zero attached hydrogens (tertiary/aromatic N) is 4. The van der Waals surface area contributed by atoms with Crippen LogP contribution in [0, 0.1) is 11.7 Å². The number of rotatable bonds is 4. The Morgan fingerprint density at radius 1 is 1.39 bits per heavy atom. The van der Waals surface area contributed by atoms with Gasteiger partial charge in [-0.15, -0.1) is 5.10 Å². The number of benzene rings is 1. The van der Waals surface area contributed by atoms with Crippen LogP contribution in [0.4, 0.5) is 4.39 Å². The lowest BCUT2D eigenvalue weighted by atomic mass is 9.94. The first-order chi connectivity index (χ1) is 11.1. The van der Waals surface area contributed by atoms with Gasteiger partial charge in [0, 0.05) is 25.7 Å². The Hall–Kier alpha value is -1.50. The molecule has 0 radical (unpaired) electrons. The topological polar surface area (TPSA) is 54.2 Å². The quantitative estimate of drug-likeness (QED) is 0.931. The van der Waals surface area contributed by atoms with Gasteiger partial charge in [0.15, 0.2) is 0 Å². The second kappa shape index (κ2) is 6.95. The van der Waals surface area contributed by atoms with E-state index >= 15 is 0 Å². The second-order valence-electron chi connectivity index (χ2n) is 6.16. The molecule has 3 rings (SSSR count). The molecule has 0 spiro atoms. The standard InChI is InChI=1S/C16H20ClFN4O/c1-11-2-3-12(10-23)7-21(11)8-13-9-22(20-19-13)14-4-5-16(18)15(17)6-14/h4-6,9,11-12,23H,2-3,7-8,10H2,1H3. The maximum Gasteiger partial charge on any atom is 0.141 e. The van der Waals surface area contributed by atoms with Gasteiger partial charge in [-0.1, -0.05) is 16.8 Å². The fourth-order valence-electron chi connectivity index (χ4n) is 2.96. The summed E-state index contributed by atoms with van der Waals surface area (Å²) >= 11 is 5.81. The molecule has 0 bridgehead atoms. The van der Waals surface area contributed by atoms with E-state index in [0.717, 1.165) is 25.1 Å². The largest absolute Gasteiger partial charge is 0.396 e. The normalized spacial score (nSPS) is 22.4. The van der Waals surface area contributed by atoms with Crippen LogP contribution in [0.15, 0.2) is 24.4 Å². The van der Waals surface area contributed by atoms with E-state index in [-0.39, 0.29) is 11.6 Å². The number of aromatic nitrogens is 3. The van der Waals surface area contributed by atoms with Crippen LogP contribution >= 0.6 is 11.6 Å². The van der Waals surface area contributed by atoms with E-state index in [2.05, 4.69) is 22.1 Å². The minimum absolute atomic E-state index is 0.0648. The summed E-state index contributed by atoms with van der Waals surface area (Å²) < 4.78 is 14.8. The smallest absolute Gasteiger partial charge is 0.141 e. The maximum absolute atomic E-state index is 13.2. The molecule has 7 heteroatoms. The monoisotopic (exact) mass is 338 g/mol. The van der Waals surface area contributed by atoms with Gasteiger partial charge >= 0.3 is 0 Å². The van der Waals surface area contributed by atoms with Crippen molar-refractivity contribution in [2.75, 3.05) is 13.2 Å². The Balaban J connectivity index is 1.72. The zero-order chi connectivity index (χ0) is 16.4. The van der Waals surface area contributed by atoms with Crippen molar-refractivity contribution in [1.82, 2.24) is 19.9 Å². The molecular formula is C16H20ClFN4O. The molecule has 2 unspecified atom stereocenters. The van der Waals surface area contributed by atoms with Crippen molar-refractivity contribution in [2.45, 2.75) is 32.4 Å². The summed E-state index contributed by atoms with van der Waals surface area (Å²) in [6, 6.07) is 4.92. The van der Waals surface area contributed by atoms with Gasteiger partial charge in [-0.2, -0.15) is 0 Å². The van der Waals surface area contributed by atoms with E-state index < -0.39 is 5.82 Å². The zero-order valence-electron chi connectivity index (χ0n) is 13.0. The molecule has 1 saturated heterocycles. The summed E-state index contributed by atoms with van der Waals surface area (Å²) in [5.74, 6) is -0.120. The van der Waals surface area contributed by atoms with Crippen molar-refractivity contribution in [3.63, 3.8) is 0 Å². The van der Waals surface area contributed by atoms with Gasteiger partial charge in [-0.3, -0.25) is 4.90 Å². The van der Waals surface area contributed by atoms with Gasteiger partial charge in [0.2, 0.25) is 0 Å². The third kappa shape index (κ3) is 3.71. The Morgan fingerprint density at radius 3 is 2.96 bits per heavy atom. The first-order valence-corrected chi connectivity index (χ1v) is 8.16. The summed E-state index contributed by atoms with van der Waals surface area (Å²) in [5.41, 5.74) is 1.52. The van der Waals surface area contributed by atoms with Gasteiger partial charge in [-0.25, -0.2) is 9.07 Å². The van der Waals surface area contributed by atoms with Crippen LogP contribution < -0.4 is 0 Å². The van der Waals surface area contributed by atoms with Crippen molar-refractivity contribution in [2.24, 2.45) is 5.92 Å². The molecule has 1 aromatic heterocycles. The SMILES string of the molecule is CC1CCC(CO)CN1Cc1cn(-c2ccc(F)c(Cl)c2)nn1. The zero-order valence-corrected chi connectivity index (χ0v) is 13.7. The molecule has 1 N–H and O–H groups in total. The van der Waals surface area contributed by atoms with Crippen LogP contribution in [-0.4, -0.2) is 44.2 Å². The van der Waals surface area contributed by atoms with Gasteiger partial charge in [0.05, 0.1) is 22.6 Å². The van der Waals surface area contributed by atoms with Crippen LogP contribution in [0.3, 0.4) is 0 Å². The number of hydrogen-bond acceptors (Lipinski definition) is 4. The molecule has 1 fully saturated rings. The van der Waals surface area contributed by atoms with E-state index in [9.17, 15) is 9.50 Å².